The van der Waals surface area contributed by atoms with Crippen LogP contribution in [0.4, 0.5) is 0 Å². The van der Waals surface area contributed by atoms with Crippen molar-refractivity contribution in [2.24, 2.45) is 11.8 Å². The van der Waals surface area contributed by atoms with Gasteiger partial charge in [0.1, 0.15) is 24.8 Å². The Bertz CT molecular complexity index is 456. The van der Waals surface area contributed by atoms with Gasteiger partial charge in [0.25, 0.3) is 0 Å². The summed E-state index contributed by atoms with van der Waals surface area (Å²) in [4.78, 5) is 22.4. The first-order valence-corrected chi connectivity index (χ1v) is 11.9. The summed E-state index contributed by atoms with van der Waals surface area (Å²) in [6, 6.07) is 0. The van der Waals surface area contributed by atoms with Gasteiger partial charge in [-0.05, 0) is 38.5 Å². The van der Waals surface area contributed by atoms with Crippen LogP contribution in [0.1, 0.15) is 51.4 Å². The Hall–Kier alpha value is -0.900. The van der Waals surface area contributed by atoms with Gasteiger partial charge < -0.3 is 38.0 Å². The third kappa shape index (κ3) is 7.85. The fourth-order valence-corrected chi connectivity index (χ4v) is 4.97. The number of carbonyl (C=O) groups is 2. The molecule has 0 aromatic rings. The molecule has 0 heterocycles. The standard InChI is InChI=1S/C24H42O8/c1-27-19-11-17(15-25)12-20(28-2)23(19)31-9-7-5-6-8-10-32-24-21(29-3)13-18(16-26)14-22(24)30-4/h15-24H,5-14H2,1-4H3. The monoisotopic (exact) mass is 458 g/mol. The number of unbranched alkanes of at least 4 members (excludes halogenated alkanes) is 3. The lowest BCUT2D eigenvalue weighted by atomic mass is 9.83. The Morgan fingerprint density at radius 2 is 0.875 bits per heavy atom. The van der Waals surface area contributed by atoms with Gasteiger partial charge in [-0.25, -0.2) is 0 Å². The van der Waals surface area contributed by atoms with Gasteiger partial charge >= 0.3 is 0 Å². The van der Waals surface area contributed by atoms with E-state index in [1.54, 1.807) is 28.4 Å². The van der Waals surface area contributed by atoms with Crippen molar-refractivity contribution in [1.82, 2.24) is 0 Å². The van der Waals surface area contributed by atoms with Crippen molar-refractivity contribution < 1.29 is 38.0 Å². The summed E-state index contributed by atoms with van der Waals surface area (Å²) in [5.74, 6) is -0.0673. The van der Waals surface area contributed by atoms with Crippen LogP contribution in [0, 0.1) is 11.8 Å². The minimum Gasteiger partial charge on any atom is -0.379 e. The van der Waals surface area contributed by atoms with Crippen LogP contribution >= 0.6 is 0 Å². The van der Waals surface area contributed by atoms with E-state index in [-0.39, 0.29) is 48.5 Å². The zero-order valence-electron chi connectivity index (χ0n) is 20.1. The lowest BCUT2D eigenvalue weighted by molar-refractivity contribution is -0.156. The van der Waals surface area contributed by atoms with Crippen LogP contribution in [-0.2, 0) is 38.0 Å². The minimum atomic E-state index is -0.136. The smallest absolute Gasteiger partial charge is 0.123 e. The van der Waals surface area contributed by atoms with Gasteiger partial charge in [0.2, 0.25) is 0 Å². The Kier molecular flexibility index (Phi) is 12.9. The van der Waals surface area contributed by atoms with Gasteiger partial charge in [0, 0.05) is 53.5 Å². The Morgan fingerprint density at radius 3 is 1.12 bits per heavy atom. The Morgan fingerprint density at radius 1 is 0.562 bits per heavy atom. The van der Waals surface area contributed by atoms with E-state index < -0.39 is 0 Å². The molecule has 0 aromatic carbocycles. The van der Waals surface area contributed by atoms with Crippen molar-refractivity contribution in [3.05, 3.63) is 0 Å². The number of hydrogen-bond acceptors (Lipinski definition) is 8. The van der Waals surface area contributed by atoms with E-state index in [2.05, 4.69) is 0 Å². The fraction of sp³-hybridized carbons (Fsp3) is 0.917. The van der Waals surface area contributed by atoms with Crippen LogP contribution in [0.15, 0.2) is 0 Å². The lowest BCUT2D eigenvalue weighted by Crippen LogP contribution is -2.48. The highest BCUT2D eigenvalue weighted by Crippen LogP contribution is 2.31. The molecule has 0 N–H and O–H groups in total. The first-order valence-electron chi connectivity index (χ1n) is 11.9. The van der Waals surface area contributed by atoms with Crippen molar-refractivity contribution in [3.8, 4) is 0 Å². The van der Waals surface area contributed by atoms with Crippen LogP contribution in [-0.4, -0.2) is 90.8 Å². The molecule has 0 radical (unpaired) electrons. The van der Waals surface area contributed by atoms with E-state index in [4.69, 9.17) is 28.4 Å². The molecule has 0 saturated heterocycles. The molecule has 186 valence electrons. The van der Waals surface area contributed by atoms with Gasteiger partial charge in [0.05, 0.1) is 24.4 Å². The zero-order valence-corrected chi connectivity index (χ0v) is 20.1. The van der Waals surface area contributed by atoms with Crippen molar-refractivity contribution in [2.75, 3.05) is 41.7 Å². The number of methoxy groups -OCH3 is 4. The third-order valence-electron chi connectivity index (χ3n) is 6.86. The molecule has 2 aliphatic carbocycles. The first kappa shape index (κ1) is 27.3. The molecule has 4 atom stereocenters. The molecule has 2 fully saturated rings. The molecule has 2 aliphatic rings. The maximum atomic E-state index is 11.2. The molecule has 8 nitrogen and oxygen atoms in total. The zero-order chi connectivity index (χ0) is 23.3. The average Bonchev–Trinajstić information content (AvgIpc) is 2.84. The summed E-state index contributed by atoms with van der Waals surface area (Å²) in [7, 11) is 6.65. The summed E-state index contributed by atoms with van der Waals surface area (Å²) >= 11 is 0. The van der Waals surface area contributed by atoms with Crippen LogP contribution in [0.5, 0.6) is 0 Å². The number of ether oxygens (including phenoxy) is 6. The predicted molar refractivity (Wildman–Crippen MR) is 119 cm³/mol. The number of aldehydes is 2. The molecule has 32 heavy (non-hydrogen) atoms. The second-order valence-electron chi connectivity index (χ2n) is 8.92. The number of carbonyl (C=O) groups excluding carboxylic acids is 2. The van der Waals surface area contributed by atoms with Crippen LogP contribution in [0.3, 0.4) is 0 Å². The summed E-state index contributed by atoms with van der Waals surface area (Å²) in [6.45, 7) is 1.29. The topological polar surface area (TPSA) is 89.5 Å². The van der Waals surface area contributed by atoms with Crippen LogP contribution in [0.2, 0.25) is 0 Å². The van der Waals surface area contributed by atoms with Gasteiger partial charge in [0.15, 0.2) is 0 Å². The molecule has 8 heteroatoms. The Balaban J connectivity index is 1.63. The van der Waals surface area contributed by atoms with E-state index in [9.17, 15) is 9.59 Å². The first-order chi connectivity index (χ1) is 15.6. The molecule has 4 unspecified atom stereocenters. The van der Waals surface area contributed by atoms with E-state index in [0.29, 0.717) is 38.9 Å². The SMILES string of the molecule is COC1CC(C=O)CC(OC)C1OCCCCCCOC1C(OC)CC(C=O)CC1OC. The largest absolute Gasteiger partial charge is 0.379 e. The third-order valence-corrected chi connectivity index (χ3v) is 6.86. The summed E-state index contributed by atoms with van der Waals surface area (Å²) in [5.41, 5.74) is 0. The highest BCUT2D eigenvalue weighted by molar-refractivity contribution is 5.54. The predicted octanol–water partition coefficient (Wildman–Crippen LogP) is 2.60. The van der Waals surface area contributed by atoms with Crippen LogP contribution in [0.25, 0.3) is 0 Å². The second kappa shape index (κ2) is 15.1. The van der Waals surface area contributed by atoms with E-state index in [1.165, 1.54) is 0 Å². The molecule has 0 bridgehead atoms. The van der Waals surface area contributed by atoms with Gasteiger partial charge in [-0.15, -0.1) is 0 Å². The lowest BCUT2D eigenvalue weighted by Gasteiger charge is -2.38. The molecular weight excluding hydrogens is 416 g/mol. The minimum absolute atomic E-state index is 0.0337. The average molecular weight is 459 g/mol. The van der Waals surface area contributed by atoms with Gasteiger partial charge in [-0.3, -0.25) is 0 Å². The van der Waals surface area contributed by atoms with Crippen molar-refractivity contribution >= 4 is 12.6 Å². The number of hydrogen-bond donors (Lipinski definition) is 0. The molecule has 2 rings (SSSR count). The van der Waals surface area contributed by atoms with Crippen LogP contribution < -0.4 is 0 Å². The second-order valence-corrected chi connectivity index (χ2v) is 8.92. The van der Waals surface area contributed by atoms with E-state index in [0.717, 1.165) is 38.3 Å². The summed E-state index contributed by atoms with van der Waals surface area (Å²) in [6.07, 6.45) is 7.97. The molecule has 0 spiro atoms. The van der Waals surface area contributed by atoms with Gasteiger partial charge in [-0.2, -0.15) is 0 Å². The van der Waals surface area contributed by atoms with Crippen molar-refractivity contribution in [1.29, 1.82) is 0 Å². The maximum absolute atomic E-state index is 11.2. The summed E-state index contributed by atoms with van der Waals surface area (Å²) < 4.78 is 34.5. The Labute approximate surface area is 192 Å². The molecule has 0 aliphatic heterocycles. The molecule has 0 aromatic heterocycles. The normalized spacial score (nSPS) is 35.5. The molecule has 0 amide bonds. The van der Waals surface area contributed by atoms with Crippen molar-refractivity contribution in [2.45, 2.75) is 88.0 Å². The van der Waals surface area contributed by atoms with Crippen molar-refractivity contribution in [3.63, 3.8) is 0 Å². The number of rotatable bonds is 15. The molecular formula is C24H42O8. The van der Waals surface area contributed by atoms with E-state index in [1.807, 2.05) is 0 Å². The maximum Gasteiger partial charge on any atom is 0.123 e. The molecule has 2 saturated carbocycles. The summed E-state index contributed by atoms with van der Waals surface area (Å²) in [5, 5.41) is 0. The highest BCUT2D eigenvalue weighted by Gasteiger charge is 2.40. The fourth-order valence-electron chi connectivity index (χ4n) is 4.97. The highest BCUT2D eigenvalue weighted by atomic mass is 16.6. The van der Waals surface area contributed by atoms with Gasteiger partial charge in [-0.1, -0.05) is 12.8 Å². The van der Waals surface area contributed by atoms with E-state index >= 15 is 0 Å². The quantitative estimate of drug-likeness (QED) is 0.273.